The van der Waals surface area contributed by atoms with Crippen LogP contribution >= 0.6 is 0 Å². The predicted molar refractivity (Wildman–Crippen MR) is 78.3 cm³/mol. The van der Waals surface area contributed by atoms with E-state index in [0.717, 1.165) is 45.4 Å². The molecule has 0 aromatic carbocycles. The fourth-order valence-electron chi connectivity index (χ4n) is 3.94. The van der Waals surface area contributed by atoms with Crippen LogP contribution in [0.4, 0.5) is 0 Å². The van der Waals surface area contributed by atoms with Crippen LogP contribution < -0.4 is 0 Å². The number of piperidine rings is 1. The quantitative estimate of drug-likeness (QED) is 0.741. The molecule has 3 aliphatic heterocycles. The van der Waals surface area contributed by atoms with Gasteiger partial charge in [0.1, 0.15) is 0 Å². The van der Waals surface area contributed by atoms with E-state index in [-0.39, 0.29) is 11.9 Å². The van der Waals surface area contributed by atoms with Gasteiger partial charge in [0, 0.05) is 38.9 Å². The molecule has 0 bridgehead atoms. The molecule has 0 N–H and O–H groups in total. The van der Waals surface area contributed by atoms with Crippen molar-refractivity contribution in [1.29, 1.82) is 0 Å². The molecule has 120 valence electrons. The summed E-state index contributed by atoms with van der Waals surface area (Å²) in [5.74, 6) is 0.173. The highest BCUT2D eigenvalue weighted by atomic mass is 32.2. The summed E-state index contributed by atoms with van der Waals surface area (Å²) in [5.41, 5.74) is -0.473. The number of ether oxygens (including phenoxy) is 1. The zero-order chi connectivity index (χ0) is 15.1. The maximum Gasteiger partial charge on any atom is 0.230 e. The van der Waals surface area contributed by atoms with Crippen molar-refractivity contribution in [3.8, 4) is 0 Å². The van der Waals surface area contributed by atoms with Crippen LogP contribution in [0.15, 0.2) is 0 Å². The Morgan fingerprint density at radius 1 is 1.19 bits per heavy atom. The average molecular weight is 316 g/mol. The summed E-state index contributed by atoms with van der Waals surface area (Å²) >= 11 is 0. The molecule has 6 nitrogen and oxygen atoms in total. The van der Waals surface area contributed by atoms with Crippen molar-refractivity contribution in [2.45, 2.75) is 38.1 Å². The average Bonchev–Trinajstić information content (AvgIpc) is 2.88. The van der Waals surface area contributed by atoms with Crippen LogP contribution in [-0.4, -0.2) is 68.7 Å². The first-order valence-electron chi connectivity index (χ1n) is 7.76. The summed E-state index contributed by atoms with van der Waals surface area (Å²) in [6.45, 7) is 3.09. The molecular weight excluding hydrogens is 292 g/mol. The van der Waals surface area contributed by atoms with Gasteiger partial charge in [0.25, 0.3) is 0 Å². The van der Waals surface area contributed by atoms with Crippen molar-refractivity contribution in [3.05, 3.63) is 0 Å². The molecule has 21 heavy (non-hydrogen) atoms. The zero-order valence-corrected chi connectivity index (χ0v) is 13.4. The SMILES string of the molecule is CS(=O)(=O)N1CCC2(CCCN(C3CCOCC3)C2=O)C1. The third-order valence-corrected chi connectivity index (χ3v) is 6.44. The van der Waals surface area contributed by atoms with Crippen molar-refractivity contribution < 1.29 is 17.9 Å². The van der Waals surface area contributed by atoms with E-state index in [0.29, 0.717) is 19.5 Å². The number of hydrogen-bond acceptors (Lipinski definition) is 4. The summed E-state index contributed by atoms with van der Waals surface area (Å²) in [7, 11) is -3.20. The van der Waals surface area contributed by atoms with Crippen LogP contribution in [0.1, 0.15) is 32.1 Å². The second-order valence-electron chi connectivity index (χ2n) is 6.57. The molecular formula is C14H24N2O4S. The normalized spacial score (nSPS) is 33.0. The molecule has 0 aromatic rings. The van der Waals surface area contributed by atoms with Crippen molar-refractivity contribution >= 4 is 15.9 Å². The monoisotopic (exact) mass is 316 g/mol. The Bertz CT molecular complexity index is 515. The minimum absolute atomic E-state index is 0.173. The second-order valence-corrected chi connectivity index (χ2v) is 8.55. The van der Waals surface area contributed by atoms with Gasteiger partial charge >= 0.3 is 0 Å². The van der Waals surface area contributed by atoms with Crippen LogP contribution in [-0.2, 0) is 19.6 Å². The highest BCUT2D eigenvalue weighted by Gasteiger charge is 2.51. The smallest absolute Gasteiger partial charge is 0.230 e. The molecule has 0 aliphatic carbocycles. The summed E-state index contributed by atoms with van der Waals surface area (Å²) < 4.78 is 30.3. The highest BCUT2D eigenvalue weighted by molar-refractivity contribution is 7.88. The molecule has 0 saturated carbocycles. The van der Waals surface area contributed by atoms with Gasteiger partial charge in [0.15, 0.2) is 0 Å². The van der Waals surface area contributed by atoms with Crippen molar-refractivity contribution in [2.24, 2.45) is 5.41 Å². The van der Waals surface area contributed by atoms with Gasteiger partial charge in [-0.1, -0.05) is 0 Å². The third-order valence-electron chi connectivity index (χ3n) is 5.19. The van der Waals surface area contributed by atoms with Crippen LogP contribution in [0.2, 0.25) is 0 Å². The molecule has 3 heterocycles. The predicted octanol–water partition coefficient (Wildman–Crippen LogP) is 0.440. The Morgan fingerprint density at radius 3 is 2.52 bits per heavy atom. The number of hydrogen-bond donors (Lipinski definition) is 0. The standard InChI is InChI=1S/C14H24N2O4S/c1-21(18,19)15-8-6-14(11-15)5-2-7-16(13(14)17)12-3-9-20-10-4-12/h12H,2-11H2,1H3. The number of likely N-dealkylation sites (tertiary alicyclic amines) is 1. The first kappa shape index (κ1) is 15.2. The lowest BCUT2D eigenvalue weighted by atomic mass is 9.77. The fourth-order valence-corrected chi connectivity index (χ4v) is 4.85. The van der Waals surface area contributed by atoms with E-state index >= 15 is 0 Å². The van der Waals surface area contributed by atoms with Crippen LogP contribution in [0, 0.1) is 5.41 Å². The van der Waals surface area contributed by atoms with E-state index < -0.39 is 15.4 Å². The molecule has 1 amide bonds. The molecule has 3 saturated heterocycles. The van der Waals surface area contributed by atoms with Crippen LogP contribution in [0.5, 0.6) is 0 Å². The summed E-state index contributed by atoms with van der Waals surface area (Å²) in [4.78, 5) is 15.0. The first-order chi connectivity index (χ1) is 9.92. The molecule has 1 atom stereocenters. The molecule has 3 aliphatic rings. The van der Waals surface area contributed by atoms with Gasteiger partial charge < -0.3 is 9.64 Å². The Morgan fingerprint density at radius 2 is 1.90 bits per heavy atom. The van der Waals surface area contributed by atoms with E-state index in [9.17, 15) is 13.2 Å². The van der Waals surface area contributed by atoms with E-state index in [1.54, 1.807) is 0 Å². The molecule has 1 unspecified atom stereocenters. The lowest BCUT2D eigenvalue weighted by Crippen LogP contribution is -2.55. The fraction of sp³-hybridized carbons (Fsp3) is 0.929. The summed E-state index contributed by atoms with van der Waals surface area (Å²) in [6.07, 6.45) is 5.49. The minimum atomic E-state index is -3.20. The van der Waals surface area contributed by atoms with E-state index in [1.165, 1.54) is 10.6 Å². The lowest BCUT2D eigenvalue weighted by molar-refractivity contribution is -0.150. The molecule has 3 rings (SSSR count). The Kier molecular flexibility index (Phi) is 4.00. The van der Waals surface area contributed by atoms with Gasteiger partial charge in [0.05, 0.1) is 11.7 Å². The highest BCUT2D eigenvalue weighted by Crippen LogP contribution is 2.42. The van der Waals surface area contributed by atoms with Gasteiger partial charge in [0.2, 0.25) is 15.9 Å². The molecule has 7 heteroatoms. The van der Waals surface area contributed by atoms with Crippen LogP contribution in [0.3, 0.4) is 0 Å². The van der Waals surface area contributed by atoms with Crippen molar-refractivity contribution in [1.82, 2.24) is 9.21 Å². The minimum Gasteiger partial charge on any atom is -0.381 e. The van der Waals surface area contributed by atoms with Crippen molar-refractivity contribution in [3.63, 3.8) is 0 Å². The second kappa shape index (κ2) is 5.52. The molecule has 3 fully saturated rings. The summed E-state index contributed by atoms with van der Waals surface area (Å²) in [6, 6.07) is 0.274. The number of nitrogens with zero attached hydrogens (tertiary/aromatic N) is 2. The van der Waals surface area contributed by atoms with Gasteiger partial charge in [-0.2, -0.15) is 0 Å². The number of sulfonamides is 1. The van der Waals surface area contributed by atoms with E-state index in [4.69, 9.17) is 4.74 Å². The van der Waals surface area contributed by atoms with E-state index in [2.05, 4.69) is 0 Å². The molecule has 0 radical (unpaired) electrons. The van der Waals surface area contributed by atoms with Gasteiger partial charge in [-0.3, -0.25) is 4.79 Å². The Labute approximate surface area is 126 Å². The van der Waals surface area contributed by atoms with E-state index in [1.807, 2.05) is 4.90 Å². The van der Waals surface area contributed by atoms with Crippen molar-refractivity contribution in [2.75, 3.05) is 39.1 Å². The molecule has 0 aromatic heterocycles. The zero-order valence-electron chi connectivity index (χ0n) is 12.6. The maximum absolute atomic E-state index is 13.0. The van der Waals surface area contributed by atoms with Gasteiger partial charge in [-0.15, -0.1) is 0 Å². The molecule has 1 spiro atoms. The topological polar surface area (TPSA) is 66.9 Å². The third kappa shape index (κ3) is 2.83. The van der Waals surface area contributed by atoms with Gasteiger partial charge in [-0.25, -0.2) is 12.7 Å². The Balaban J connectivity index is 1.76. The number of carbonyl (C=O) groups is 1. The van der Waals surface area contributed by atoms with Gasteiger partial charge in [-0.05, 0) is 32.1 Å². The summed E-state index contributed by atoms with van der Waals surface area (Å²) in [5, 5.41) is 0. The first-order valence-corrected chi connectivity index (χ1v) is 9.61. The number of amides is 1. The lowest BCUT2D eigenvalue weighted by Gasteiger charge is -2.44. The Hall–Kier alpha value is -0.660. The largest absolute Gasteiger partial charge is 0.381 e. The number of rotatable bonds is 2. The maximum atomic E-state index is 13.0. The van der Waals surface area contributed by atoms with Crippen LogP contribution in [0.25, 0.3) is 0 Å². The number of carbonyl (C=O) groups excluding carboxylic acids is 1.